The Hall–Kier alpha value is -4.53. The number of anilines is 3. The summed E-state index contributed by atoms with van der Waals surface area (Å²) in [6, 6.07) is 19.7. The molecule has 9 nitrogen and oxygen atoms in total. The molecule has 4 rings (SSSR count). The lowest BCUT2D eigenvalue weighted by Crippen LogP contribution is -2.06. The molecule has 9 heteroatoms. The van der Waals surface area contributed by atoms with Crippen molar-refractivity contribution in [3.8, 4) is 11.6 Å². The van der Waals surface area contributed by atoms with Gasteiger partial charge in [0.15, 0.2) is 0 Å². The SMILES string of the molecule is CC(=O)Nc1ccc(Nc2ncnc(Oc3cccc4ccccc34)c2[N+](=O)[O-])cc1. The number of nitro groups is 1. The molecule has 1 aromatic heterocycles. The summed E-state index contributed by atoms with van der Waals surface area (Å²) < 4.78 is 5.85. The molecule has 1 heterocycles. The van der Waals surface area contributed by atoms with Gasteiger partial charge in [0.05, 0.1) is 4.92 Å². The molecular weight excluding hydrogens is 398 g/mol. The van der Waals surface area contributed by atoms with Crippen molar-refractivity contribution in [3.05, 3.63) is 83.2 Å². The lowest BCUT2D eigenvalue weighted by molar-refractivity contribution is -0.385. The molecule has 0 fully saturated rings. The van der Waals surface area contributed by atoms with Crippen LogP contribution in [-0.4, -0.2) is 20.8 Å². The van der Waals surface area contributed by atoms with Gasteiger partial charge in [-0.05, 0) is 35.7 Å². The number of nitrogens with one attached hydrogen (secondary N) is 2. The summed E-state index contributed by atoms with van der Waals surface area (Å²) in [6.45, 7) is 1.41. The van der Waals surface area contributed by atoms with E-state index in [0.29, 0.717) is 17.1 Å². The number of hydrogen-bond donors (Lipinski definition) is 2. The van der Waals surface area contributed by atoms with Crippen molar-refractivity contribution >= 4 is 39.6 Å². The van der Waals surface area contributed by atoms with Gasteiger partial charge < -0.3 is 15.4 Å². The third-order valence-corrected chi connectivity index (χ3v) is 4.40. The average molecular weight is 415 g/mol. The van der Waals surface area contributed by atoms with E-state index in [2.05, 4.69) is 20.6 Å². The molecular formula is C22H17N5O4. The first-order chi connectivity index (χ1) is 15.0. The average Bonchev–Trinajstić information content (AvgIpc) is 2.75. The number of nitrogens with zero attached hydrogens (tertiary/aromatic N) is 3. The smallest absolute Gasteiger partial charge is 0.373 e. The first-order valence-electron chi connectivity index (χ1n) is 9.31. The summed E-state index contributed by atoms with van der Waals surface area (Å²) >= 11 is 0. The van der Waals surface area contributed by atoms with Gasteiger partial charge in [-0.2, -0.15) is 4.98 Å². The lowest BCUT2D eigenvalue weighted by atomic mass is 10.1. The molecule has 0 aliphatic heterocycles. The minimum Gasteiger partial charge on any atom is -0.433 e. The molecule has 2 N–H and O–H groups in total. The summed E-state index contributed by atoms with van der Waals surface area (Å²) in [7, 11) is 0. The monoisotopic (exact) mass is 415 g/mol. The molecule has 0 spiro atoms. The van der Waals surface area contributed by atoms with Crippen molar-refractivity contribution in [2.75, 3.05) is 10.6 Å². The summed E-state index contributed by atoms with van der Waals surface area (Å²) in [4.78, 5) is 30.4. The summed E-state index contributed by atoms with van der Waals surface area (Å²) in [5.74, 6) is 0.0733. The fraction of sp³-hybridized carbons (Fsp3) is 0.0455. The van der Waals surface area contributed by atoms with E-state index in [4.69, 9.17) is 4.74 Å². The Morgan fingerprint density at radius 1 is 0.968 bits per heavy atom. The Kier molecular flexibility index (Phi) is 5.39. The summed E-state index contributed by atoms with van der Waals surface area (Å²) in [6.07, 6.45) is 1.20. The predicted octanol–water partition coefficient (Wildman–Crippen LogP) is 5.03. The van der Waals surface area contributed by atoms with Crippen LogP contribution in [0.15, 0.2) is 73.1 Å². The third-order valence-electron chi connectivity index (χ3n) is 4.40. The second-order valence-corrected chi connectivity index (χ2v) is 6.60. The van der Waals surface area contributed by atoms with E-state index in [1.54, 1.807) is 36.4 Å². The van der Waals surface area contributed by atoms with Crippen LogP contribution in [-0.2, 0) is 4.79 Å². The number of amides is 1. The quantitative estimate of drug-likeness (QED) is 0.335. The minimum absolute atomic E-state index is 0.0116. The van der Waals surface area contributed by atoms with Gasteiger partial charge in [-0.15, -0.1) is 0 Å². The van der Waals surface area contributed by atoms with Gasteiger partial charge in [0.1, 0.15) is 12.1 Å². The van der Waals surface area contributed by atoms with Gasteiger partial charge in [0.2, 0.25) is 11.7 Å². The predicted molar refractivity (Wildman–Crippen MR) is 117 cm³/mol. The fourth-order valence-corrected chi connectivity index (χ4v) is 3.06. The Morgan fingerprint density at radius 3 is 2.42 bits per heavy atom. The standard InChI is InChI=1S/C22H17N5O4/c1-14(28)25-16-9-11-17(12-10-16)26-21-20(27(29)30)22(24-13-23-21)31-19-8-4-6-15-5-2-3-7-18(15)19/h2-13H,1H3,(H,25,28)(H,23,24,26). The number of benzene rings is 3. The highest BCUT2D eigenvalue weighted by atomic mass is 16.6. The maximum atomic E-state index is 11.8. The molecule has 31 heavy (non-hydrogen) atoms. The van der Waals surface area contributed by atoms with Crippen LogP contribution in [0.25, 0.3) is 10.8 Å². The zero-order chi connectivity index (χ0) is 21.8. The van der Waals surface area contributed by atoms with Crippen LogP contribution in [0.4, 0.5) is 22.9 Å². The Bertz CT molecular complexity index is 1270. The summed E-state index contributed by atoms with van der Waals surface area (Å²) in [5, 5.41) is 19.1. The zero-order valence-electron chi connectivity index (χ0n) is 16.4. The Morgan fingerprint density at radius 2 is 1.68 bits per heavy atom. The molecule has 0 aliphatic carbocycles. The van der Waals surface area contributed by atoms with Crippen LogP contribution in [0.2, 0.25) is 0 Å². The second kappa shape index (κ2) is 8.46. The van der Waals surface area contributed by atoms with Crippen molar-refractivity contribution in [1.82, 2.24) is 9.97 Å². The van der Waals surface area contributed by atoms with Crippen molar-refractivity contribution in [2.45, 2.75) is 6.92 Å². The molecule has 0 bridgehead atoms. The van der Waals surface area contributed by atoms with E-state index in [1.807, 2.05) is 30.3 Å². The first-order valence-corrected chi connectivity index (χ1v) is 9.31. The van der Waals surface area contributed by atoms with Crippen LogP contribution < -0.4 is 15.4 Å². The zero-order valence-corrected chi connectivity index (χ0v) is 16.4. The highest BCUT2D eigenvalue weighted by Crippen LogP contribution is 2.37. The maximum Gasteiger partial charge on any atom is 0.373 e. The number of carbonyl (C=O) groups is 1. The van der Waals surface area contributed by atoms with Crippen LogP contribution in [0.3, 0.4) is 0 Å². The molecule has 0 unspecified atom stereocenters. The highest BCUT2D eigenvalue weighted by molar-refractivity contribution is 5.89. The number of fused-ring (bicyclic) bond motifs is 1. The van der Waals surface area contributed by atoms with Crippen LogP contribution >= 0.6 is 0 Å². The van der Waals surface area contributed by atoms with Crippen molar-refractivity contribution in [2.24, 2.45) is 0 Å². The first kappa shape index (κ1) is 19.8. The van der Waals surface area contributed by atoms with Gasteiger partial charge in [-0.25, -0.2) is 4.98 Å². The summed E-state index contributed by atoms with van der Waals surface area (Å²) in [5.41, 5.74) is 0.767. The van der Waals surface area contributed by atoms with Crippen LogP contribution in [0.1, 0.15) is 6.92 Å². The molecule has 0 radical (unpaired) electrons. The fourth-order valence-electron chi connectivity index (χ4n) is 3.06. The van der Waals surface area contributed by atoms with Crippen LogP contribution in [0, 0.1) is 10.1 Å². The molecule has 154 valence electrons. The normalized spacial score (nSPS) is 10.5. The second-order valence-electron chi connectivity index (χ2n) is 6.60. The Balaban J connectivity index is 1.67. The van der Waals surface area contributed by atoms with Crippen molar-refractivity contribution in [3.63, 3.8) is 0 Å². The number of aromatic nitrogens is 2. The van der Waals surface area contributed by atoms with E-state index >= 15 is 0 Å². The Labute approximate surface area is 176 Å². The van der Waals surface area contributed by atoms with E-state index in [1.165, 1.54) is 13.3 Å². The maximum absolute atomic E-state index is 11.8. The van der Waals surface area contributed by atoms with E-state index < -0.39 is 4.92 Å². The molecule has 4 aromatic rings. The molecule has 0 atom stereocenters. The van der Waals surface area contributed by atoms with Gasteiger partial charge in [0.25, 0.3) is 0 Å². The highest BCUT2D eigenvalue weighted by Gasteiger charge is 2.25. The van der Waals surface area contributed by atoms with Crippen LogP contribution in [0.5, 0.6) is 11.6 Å². The van der Waals surface area contributed by atoms with E-state index in [-0.39, 0.29) is 23.3 Å². The third kappa shape index (κ3) is 4.40. The number of ether oxygens (including phenoxy) is 1. The molecule has 0 saturated heterocycles. The molecule has 0 saturated carbocycles. The van der Waals surface area contributed by atoms with Crippen molar-refractivity contribution < 1.29 is 14.5 Å². The number of carbonyl (C=O) groups excluding carboxylic acids is 1. The van der Waals surface area contributed by atoms with E-state index in [9.17, 15) is 14.9 Å². The van der Waals surface area contributed by atoms with Gasteiger partial charge in [0, 0.05) is 23.7 Å². The lowest BCUT2D eigenvalue weighted by Gasteiger charge is -2.11. The van der Waals surface area contributed by atoms with E-state index in [0.717, 1.165) is 10.8 Å². The number of rotatable bonds is 6. The molecule has 0 aliphatic rings. The molecule has 3 aromatic carbocycles. The van der Waals surface area contributed by atoms with Gasteiger partial charge in [-0.1, -0.05) is 36.4 Å². The topological polar surface area (TPSA) is 119 Å². The number of hydrogen-bond acceptors (Lipinski definition) is 7. The van der Waals surface area contributed by atoms with Crippen molar-refractivity contribution in [1.29, 1.82) is 0 Å². The van der Waals surface area contributed by atoms with Gasteiger partial charge in [-0.3, -0.25) is 14.9 Å². The largest absolute Gasteiger partial charge is 0.433 e. The van der Waals surface area contributed by atoms with Gasteiger partial charge >= 0.3 is 11.6 Å². The molecule has 1 amide bonds. The minimum atomic E-state index is -0.589.